The van der Waals surface area contributed by atoms with E-state index in [9.17, 15) is 9.59 Å². The number of hydrogen-bond acceptors (Lipinski definition) is 4. The van der Waals surface area contributed by atoms with E-state index < -0.39 is 0 Å². The molecule has 0 aromatic carbocycles. The number of rotatable bonds is 8. The average molecular weight is 256 g/mol. The topological polar surface area (TPSA) is 52.6 Å². The first-order chi connectivity index (χ1) is 8.51. The van der Waals surface area contributed by atoms with Gasteiger partial charge in [-0.3, -0.25) is 9.59 Å². The molecule has 0 bridgehead atoms. The standard InChI is InChI=1S/C14H24O4/c1-5-7-8-13(14(16)17-6-2)10-9-11(3)18-12(4)15/h9-11,13H,5-8H2,1-4H3/b10-9+/t11-,13+/m1/s1. The number of carbonyl (C=O) groups excluding carboxylic acids is 2. The lowest BCUT2D eigenvalue weighted by Gasteiger charge is -2.12. The van der Waals surface area contributed by atoms with Gasteiger partial charge in [0.15, 0.2) is 0 Å². The van der Waals surface area contributed by atoms with Crippen molar-refractivity contribution >= 4 is 11.9 Å². The van der Waals surface area contributed by atoms with Crippen molar-refractivity contribution in [3.63, 3.8) is 0 Å². The van der Waals surface area contributed by atoms with Crippen LogP contribution in [0.2, 0.25) is 0 Å². The number of ether oxygens (including phenoxy) is 2. The van der Waals surface area contributed by atoms with Crippen molar-refractivity contribution in [3.05, 3.63) is 12.2 Å². The van der Waals surface area contributed by atoms with Crippen LogP contribution in [0.1, 0.15) is 47.0 Å². The molecule has 0 amide bonds. The van der Waals surface area contributed by atoms with Crippen LogP contribution in [-0.4, -0.2) is 24.6 Å². The van der Waals surface area contributed by atoms with Gasteiger partial charge in [-0.05, 0) is 26.3 Å². The van der Waals surface area contributed by atoms with Gasteiger partial charge in [0.05, 0.1) is 12.5 Å². The third-order valence-electron chi connectivity index (χ3n) is 2.42. The molecule has 0 saturated carbocycles. The van der Waals surface area contributed by atoms with E-state index in [1.807, 2.05) is 0 Å². The average Bonchev–Trinajstić information content (AvgIpc) is 2.28. The van der Waals surface area contributed by atoms with Crippen LogP contribution in [-0.2, 0) is 19.1 Å². The van der Waals surface area contributed by atoms with Gasteiger partial charge in [-0.15, -0.1) is 0 Å². The zero-order valence-electron chi connectivity index (χ0n) is 11.8. The van der Waals surface area contributed by atoms with Gasteiger partial charge in [0.1, 0.15) is 6.10 Å². The summed E-state index contributed by atoms with van der Waals surface area (Å²) in [6, 6.07) is 0. The Bertz CT molecular complexity index is 284. The van der Waals surface area contributed by atoms with Crippen molar-refractivity contribution in [3.8, 4) is 0 Å². The van der Waals surface area contributed by atoms with Crippen LogP contribution in [0, 0.1) is 5.92 Å². The van der Waals surface area contributed by atoms with Crippen LogP contribution in [0.5, 0.6) is 0 Å². The fourth-order valence-corrected chi connectivity index (χ4v) is 1.56. The summed E-state index contributed by atoms with van der Waals surface area (Å²) >= 11 is 0. The van der Waals surface area contributed by atoms with Crippen LogP contribution in [0.4, 0.5) is 0 Å². The molecular formula is C14H24O4. The second-order valence-electron chi connectivity index (χ2n) is 4.20. The minimum atomic E-state index is -0.326. The van der Waals surface area contributed by atoms with E-state index in [0.717, 1.165) is 19.3 Å². The molecular weight excluding hydrogens is 232 g/mol. The van der Waals surface area contributed by atoms with Gasteiger partial charge in [-0.2, -0.15) is 0 Å². The molecule has 0 aliphatic carbocycles. The summed E-state index contributed by atoms with van der Waals surface area (Å²) < 4.78 is 9.98. The predicted molar refractivity (Wildman–Crippen MR) is 70.0 cm³/mol. The maximum Gasteiger partial charge on any atom is 0.312 e. The Morgan fingerprint density at radius 2 is 1.89 bits per heavy atom. The first-order valence-corrected chi connectivity index (χ1v) is 6.53. The molecule has 4 heteroatoms. The number of carbonyl (C=O) groups is 2. The molecule has 104 valence electrons. The summed E-state index contributed by atoms with van der Waals surface area (Å²) in [5.74, 6) is -0.784. The second kappa shape index (κ2) is 9.68. The minimum Gasteiger partial charge on any atom is -0.466 e. The maximum absolute atomic E-state index is 11.7. The van der Waals surface area contributed by atoms with E-state index in [2.05, 4.69) is 6.92 Å². The van der Waals surface area contributed by atoms with Crippen molar-refractivity contribution in [1.29, 1.82) is 0 Å². The van der Waals surface area contributed by atoms with Gasteiger partial charge in [0.2, 0.25) is 0 Å². The number of esters is 2. The van der Waals surface area contributed by atoms with Gasteiger partial charge < -0.3 is 9.47 Å². The van der Waals surface area contributed by atoms with Crippen LogP contribution in [0.15, 0.2) is 12.2 Å². The molecule has 4 nitrogen and oxygen atoms in total. The molecule has 0 spiro atoms. The Morgan fingerprint density at radius 1 is 1.22 bits per heavy atom. The maximum atomic E-state index is 11.7. The SMILES string of the molecule is CCCC[C@@H](/C=C/[C@@H](C)OC(C)=O)C(=O)OCC. The van der Waals surface area contributed by atoms with E-state index in [4.69, 9.17) is 9.47 Å². The van der Waals surface area contributed by atoms with Crippen molar-refractivity contribution in [1.82, 2.24) is 0 Å². The zero-order chi connectivity index (χ0) is 14.0. The molecule has 18 heavy (non-hydrogen) atoms. The fraction of sp³-hybridized carbons (Fsp3) is 0.714. The minimum absolute atomic E-state index is 0.211. The van der Waals surface area contributed by atoms with E-state index in [1.165, 1.54) is 6.92 Å². The Kier molecular flexibility index (Phi) is 8.97. The molecule has 0 heterocycles. The quantitative estimate of drug-likeness (QED) is 0.495. The van der Waals surface area contributed by atoms with Crippen LogP contribution in [0.25, 0.3) is 0 Å². The zero-order valence-corrected chi connectivity index (χ0v) is 11.8. The van der Waals surface area contributed by atoms with E-state index in [1.54, 1.807) is 26.0 Å². The molecule has 0 rings (SSSR count). The molecule has 2 atom stereocenters. The fourth-order valence-electron chi connectivity index (χ4n) is 1.56. The third-order valence-corrected chi connectivity index (χ3v) is 2.42. The van der Waals surface area contributed by atoms with E-state index >= 15 is 0 Å². The Morgan fingerprint density at radius 3 is 2.39 bits per heavy atom. The summed E-state index contributed by atoms with van der Waals surface area (Å²) in [7, 11) is 0. The Balaban J connectivity index is 4.41. The van der Waals surface area contributed by atoms with Crippen LogP contribution in [0.3, 0.4) is 0 Å². The third kappa shape index (κ3) is 7.87. The number of unbranched alkanes of at least 4 members (excludes halogenated alkanes) is 1. The summed E-state index contributed by atoms with van der Waals surface area (Å²) in [4.78, 5) is 22.5. The molecule has 0 fully saturated rings. The highest BCUT2D eigenvalue weighted by Gasteiger charge is 2.16. The molecule has 0 radical (unpaired) electrons. The molecule has 0 N–H and O–H groups in total. The normalized spacial score (nSPS) is 14.2. The molecule has 0 unspecified atom stereocenters. The Labute approximate surface area is 109 Å². The molecule has 0 aliphatic heterocycles. The molecule has 0 aromatic rings. The molecule has 0 aromatic heterocycles. The highest BCUT2D eigenvalue weighted by molar-refractivity contribution is 5.74. The number of hydrogen-bond donors (Lipinski definition) is 0. The monoisotopic (exact) mass is 256 g/mol. The van der Waals surface area contributed by atoms with E-state index in [0.29, 0.717) is 6.61 Å². The lowest BCUT2D eigenvalue weighted by atomic mass is 10.0. The van der Waals surface area contributed by atoms with Gasteiger partial charge in [-0.25, -0.2) is 0 Å². The highest BCUT2D eigenvalue weighted by atomic mass is 16.5. The van der Waals surface area contributed by atoms with Crippen molar-refractivity contribution in [2.75, 3.05) is 6.61 Å². The summed E-state index contributed by atoms with van der Waals surface area (Å²) in [5, 5.41) is 0. The summed E-state index contributed by atoms with van der Waals surface area (Å²) in [6.45, 7) is 7.38. The Hall–Kier alpha value is -1.32. The van der Waals surface area contributed by atoms with Gasteiger partial charge >= 0.3 is 11.9 Å². The molecule has 0 aliphatic rings. The van der Waals surface area contributed by atoms with Crippen LogP contribution < -0.4 is 0 Å². The second-order valence-corrected chi connectivity index (χ2v) is 4.20. The van der Waals surface area contributed by atoms with Crippen molar-refractivity contribution in [2.24, 2.45) is 5.92 Å². The smallest absolute Gasteiger partial charge is 0.312 e. The highest BCUT2D eigenvalue weighted by Crippen LogP contribution is 2.13. The van der Waals surface area contributed by atoms with Gasteiger partial charge in [0, 0.05) is 6.92 Å². The summed E-state index contributed by atoms with van der Waals surface area (Å²) in [5.41, 5.74) is 0. The lowest BCUT2D eigenvalue weighted by Crippen LogP contribution is -2.17. The van der Waals surface area contributed by atoms with Crippen molar-refractivity contribution < 1.29 is 19.1 Å². The summed E-state index contributed by atoms with van der Waals surface area (Å²) in [6.07, 6.45) is 5.96. The van der Waals surface area contributed by atoms with Gasteiger partial charge in [0.25, 0.3) is 0 Å². The lowest BCUT2D eigenvalue weighted by molar-refractivity contribution is -0.146. The first-order valence-electron chi connectivity index (χ1n) is 6.53. The largest absolute Gasteiger partial charge is 0.466 e. The van der Waals surface area contributed by atoms with E-state index in [-0.39, 0.29) is 24.0 Å². The predicted octanol–water partition coefficient (Wildman–Crippen LogP) is 2.86. The van der Waals surface area contributed by atoms with Gasteiger partial charge in [-0.1, -0.05) is 25.8 Å². The van der Waals surface area contributed by atoms with Crippen molar-refractivity contribution in [2.45, 2.75) is 53.1 Å². The van der Waals surface area contributed by atoms with Crippen LogP contribution >= 0.6 is 0 Å². The first kappa shape index (κ1) is 16.7. The molecule has 0 saturated heterocycles.